The van der Waals surface area contributed by atoms with Crippen LogP contribution in [0.2, 0.25) is 0 Å². The molecule has 0 bridgehead atoms. The number of nitrogens with two attached hydrogens (primary N) is 1. The molecule has 0 heterocycles. The fourth-order valence-electron chi connectivity index (χ4n) is 2.89. The summed E-state index contributed by atoms with van der Waals surface area (Å²) in [6.45, 7) is 1.87. The second-order valence-corrected chi connectivity index (χ2v) is 8.08. The topological polar surface area (TPSA) is 101 Å². The quantitative estimate of drug-likeness (QED) is 0.730. The zero-order valence-electron chi connectivity index (χ0n) is 14.0. The summed E-state index contributed by atoms with van der Waals surface area (Å²) < 4.78 is 25.7. The molecule has 6 nitrogen and oxygen atoms in total. The lowest BCUT2D eigenvalue weighted by molar-refractivity contribution is -0.128. The van der Waals surface area contributed by atoms with Crippen molar-refractivity contribution in [3.63, 3.8) is 0 Å². The Balaban J connectivity index is 0.00000288. The summed E-state index contributed by atoms with van der Waals surface area (Å²) in [7, 11) is -2.08. The Morgan fingerprint density at radius 1 is 1.17 bits per heavy atom. The summed E-state index contributed by atoms with van der Waals surface area (Å²) >= 11 is 0. The standard InChI is InChI=1S/C16H25N3O3S.ClH/c1-12(19-15(20)16(17)10-4-3-5-11-16)13-6-8-14(9-7-13)23(21,22)18-2;/h6-9,12,18H,3-5,10-11,17H2,1-2H3,(H,19,20);1H. The molecule has 1 aliphatic carbocycles. The van der Waals surface area contributed by atoms with E-state index in [-0.39, 0.29) is 29.3 Å². The Hall–Kier alpha value is -1.15. The van der Waals surface area contributed by atoms with Crippen LogP contribution in [0.4, 0.5) is 0 Å². The molecule has 0 saturated heterocycles. The summed E-state index contributed by atoms with van der Waals surface area (Å²) in [4.78, 5) is 12.6. The second kappa shape index (κ2) is 8.29. The molecule has 136 valence electrons. The van der Waals surface area contributed by atoms with Gasteiger partial charge in [0.25, 0.3) is 0 Å². The number of nitrogens with one attached hydrogen (secondary N) is 2. The lowest BCUT2D eigenvalue weighted by Gasteiger charge is -2.33. The fourth-order valence-corrected chi connectivity index (χ4v) is 3.62. The first kappa shape index (κ1) is 20.9. The van der Waals surface area contributed by atoms with Gasteiger partial charge in [-0.15, -0.1) is 12.4 Å². The van der Waals surface area contributed by atoms with E-state index in [0.29, 0.717) is 12.8 Å². The van der Waals surface area contributed by atoms with Crippen LogP contribution in [0.3, 0.4) is 0 Å². The van der Waals surface area contributed by atoms with Crippen molar-refractivity contribution in [2.45, 2.75) is 55.5 Å². The number of amides is 1. The third kappa shape index (κ3) is 4.69. The Bertz CT molecular complexity index is 656. The van der Waals surface area contributed by atoms with E-state index >= 15 is 0 Å². The predicted octanol–water partition coefficient (Wildman–Crippen LogP) is 1.86. The summed E-state index contributed by atoms with van der Waals surface area (Å²) in [5.74, 6) is -0.128. The van der Waals surface area contributed by atoms with E-state index in [1.807, 2.05) is 6.92 Å². The highest BCUT2D eigenvalue weighted by molar-refractivity contribution is 7.89. The molecule has 1 amide bonds. The molecule has 1 unspecified atom stereocenters. The minimum Gasteiger partial charge on any atom is -0.348 e. The van der Waals surface area contributed by atoms with Gasteiger partial charge in [-0.05, 0) is 44.5 Å². The van der Waals surface area contributed by atoms with Gasteiger partial charge in [0, 0.05) is 0 Å². The van der Waals surface area contributed by atoms with Gasteiger partial charge in [-0.1, -0.05) is 31.4 Å². The van der Waals surface area contributed by atoms with E-state index in [9.17, 15) is 13.2 Å². The SMILES string of the molecule is CNS(=O)(=O)c1ccc(C(C)NC(=O)C2(N)CCCCC2)cc1.Cl. The van der Waals surface area contributed by atoms with Crippen molar-refractivity contribution in [1.29, 1.82) is 0 Å². The smallest absolute Gasteiger partial charge is 0.240 e. The van der Waals surface area contributed by atoms with Gasteiger partial charge >= 0.3 is 0 Å². The maximum absolute atomic E-state index is 12.4. The maximum Gasteiger partial charge on any atom is 0.240 e. The minimum absolute atomic E-state index is 0. The van der Waals surface area contributed by atoms with Crippen LogP contribution >= 0.6 is 12.4 Å². The van der Waals surface area contributed by atoms with Crippen molar-refractivity contribution in [3.8, 4) is 0 Å². The Kier molecular flexibility index (Phi) is 7.22. The molecule has 1 aromatic carbocycles. The number of halogens is 1. The molecule has 8 heteroatoms. The fraction of sp³-hybridized carbons (Fsp3) is 0.562. The first-order valence-electron chi connectivity index (χ1n) is 7.92. The lowest BCUT2D eigenvalue weighted by Crippen LogP contribution is -2.55. The number of sulfonamides is 1. The average molecular weight is 376 g/mol. The molecule has 1 aliphatic rings. The molecule has 2 rings (SSSR count). The highest BCUT2D eigenvalue weighted by atomic mass is 35.5. The molecule has 0 spiro atoms. The van der Waals surface area contributed by atoms with Crippen LogP contribution in [0.15, 0.2) is 29.2 Å². The van der Waals surface area contributed by atoms with Crippen LogP contribution in [0.25, 0.3) is 0 Å². The van der Waals surface area contributed by atoms with Gasteiger partial charge in [-0.25, -0.2) is 13.1 Å². The van der Waals surface area contributed by atoms with Gasteiger partial charge in [0.15, 0.2) is 0 Å². The largest absolute Gasteiger partial charge is 0.348 e. The van der Waals surface area contributed by atoms with Crippen molar-refractivity contribution < 1.29 is 13.2 Å². The third-order valence-corrected chi connectivity index (χ3v) is 5.93. The second-order valence-electron chi connectivity index (χ2n) is 6.19. The normalized spacial score (nSPS) is 18.3. The van der Waals surface area contributed by atoms with E-state index in [2.05, 4.69) is 10.0 Å². The molecule has 0 aliphatic heterocycles. The maximum atomic E-state index is 12.4. The van der Waals surface area contributed by atoms with Crippen molar-refractivity contribution in [1.82, 2.24) is 10.0 Å². The lowest BCUT2D eigenvalue weighted by atomic mass is 9.81. The number of benzene rings is 1. The van der Waals surface area contributed by atoms with Crippen LogP contribution in [0.1, 0.15) is 50.6 Å². The summed E-state index contributed by atoms with van der Waals surface area (Å²) in [5.41, 5.74) is 6.29. The van der Waals surface area contributed by atoms with Gasteiger partial charge in [0.2, 0.25) is 15.9 Å². The summed E-state index contributed by atoms with van der Waals surface area (Å²) in [6.07, 6.45) is 4.52. The Morgan fingerprint density at radius 3 is 2.21 bits per heavy atom. The average Bonchev–Trinajstić information content (AvgIpc) is 2.55. The van der Waals surface area contributed by atoms with Crippen LogP contribution in [0, 0.1) is 0 Å². The van der Waals surface area contributed by atoms with Gasteiger partial charge in [-0.3, -0.25) is 4.79 Å². The summed E-state index contributed by atoms with van der Waals surface area (Å²) in [6, 6.07) is 6.25. The zero-order valence-corrected chi connectivity index (χ0v) is 15.7. The molecule has 1 saturated carbocycles. The highest BCUT2D eigenvalue weighted by Gasteiger charge is 2.35. The molecule has 1 fully saturated rings. The van der Waals surface area contributed by atoms with Crippen LogP contribution in [-0.4, -0.2) is 26.9 Å². The van der Waals surface area contributed by atoms with Gasteiger partial charge < -0.3 is 11.1 Å². The number of carbonyl (C=O) groups excluding carboxylic acids is 1. The molecule has 4 N–H and O–H groups in total. The van der Waals surface area contributed by atoms with E-state index in [1.54, 1.807) is 12.1 Å². The number of hydrogen-bond acceptors (Lipinski definition) is 4. The zero-order chi connectivity index (χ0) is 17.1. The van der Waals surface area contributed by atoms with Crippen molar-refractivity contribution in [2.75, 3.05) is 7.05 Å². The molecular formula is C16H26ClN3O3S. The predicted molar refractivity (Wildman–Crippen MR) is 96.5 cm³/mol. The van der Waals surface area contributed by atoms with Crippen molar-refractivity contribution in [3.05, 3.63) is 29.8 Å². The van der Waals surface area contributed by atoms with Crippen molar-refractivity contribution in [2.24, 2.45) is 5.73 Å². The van der Waals surface area contributed by atoms with Gasteiger partial charge in [0.05, 0.1) is 16.5 Å². The molecule has 1 aromatic rings. The molecular weight excluding hydrogens is 350 g/mol. The summed E-state index contributed by atoms with van der Waals surface area (Å²) in [5, 5.41) is 2.95. The highest BCUT2D eigenvalue weighted by Crippen LogP contribution is 2.27. The van der Waals surface area contributed by atoms with Gasteiger partial charge in [0.1, 0.15) is 0 Å². The van der Waals surface area contributed by atoms with Crippen molar-refractivity contribution >= 4 is 28.3 Å². The molecule has 0 radical (unpaired) electrons. The first-order valence-corrected chi connectivity index (χ1v) is 9.40. The van der Waals surface area contributed by atoms with Gasteiger partial charge in [-0.2, -0.15) is 0 Å². The van der Waals surface area contributed by atoms with E-state index in [4.69, 9.17) is 5.73 Å². The Labute approximate surface area is 150 Å². The number of hydrogen-bond donors (Lipinski definition) is 3. The van der Waals surface area contributed by atoms with E-state index in [0.717, 1.165) is 24.8 Å². The monoisotopic (exact) mass is 375 g/mol. The number of rotatable bonds is 5. The number of carbonyl (C=O) groups is 1. The molecule has 0 aromatic heterocycles. The Morgan fingerprint density at radius 2 is 1.71 bits per heavy atom. The molecule has 24 heavy (non-hydrogen) atoms. The third-order valence-electron chi connectivity index (χ3n) is 4.50. The molecule has 1 atom stereocenters. The minimum atomic E-state index is -3.45. The van der Waals surface area contributed by atoms with Crippen LogP contribution < -0.4 is 15.8 Å². The van der Waals surface area contributed by atoms with Crippen LogP contribution in [-0.2, 0) is 14.8 Å². The van der Waals surface area contributed by atoms with Crippen LogP contribution in [0.5, 0.6) is 0 Å². The first-order chi connectivity index (χ1) is 10.8. The van der Waals surface area contributed by atoms with E-state index in [1.165, 1.54) is 19.2 Å². The van der Waals surface area contributed by atoms with E-state index < -0.39 is 15.6 Å².